The second-order valence-corrected chi connectivity index (χ2v) is 9.91. The van der Waals surface area contributed by atoms with Crippen molar-refractivity contribution in [2.24, 2.45) is 0 Å². The third-order valence-electron chi connectivity index (χ3n) is 7.46. The van der Waals surface area contributed by atoms with E-state index in [4.69, 9.17) is 0 Å². The van der Waals surface area contributed by atoms with Crippen LogP contribution in [-0.4, -0.2) is 0 Å². The fourth-order valence-corrected chi connectivity index (χ4v) is 5.42. The minimum absolute atomic E-state index is 1.07. The Morgan fingerprint density at radius 1 is 0.308 bits per heavy atom. The van der Waals surface area contributed by atoms with Crippen molar-refractivity contribution in [2.75, 3.05) is 5.32 Å². The Balaban J connectivity index is 1.12. The van der Waals surface area contributed by atoms with Gasteiger partial charge in [-0.25, -0.2) is 0 Å². The van der Waals surface area contributed by atoms with E-state index in [1.807, 2.05) is 6.07 Å². The first-order chi connectivity index (χ1) is 19.3. The van der Waals surface area contributed by atoms with Gasteiger partial charge in [0.05, 0.1) is 0 Å². The van der Waals surface area contributed by atoms with Crippen LogP contribution in [0.3, 0.4) is 0 Å². The summed E-state index contributed by atoms with van der Waals surface area (Å²) in [5.41, 5.74) is 9.52. The molecule has 0 bridgehead atoms. The van der Waals surface area contributed by atoms with Crippen molar-refractivity contribution in [2.45, 2.75) is 0 Å². The molecule has 1 N–H and O–H groups in total. The molecule has 0 amide bonds. The summed E-state index contributed by atoms with van der Waals surface area (Å²) in [7, 11) is 0. The Kier molecular flexibility index (Phi) is 5.88. The smallest absolute Gasteiger partial charge is 0.0384 e. The van der Waals surface area contributed by atoms with E-state index in [0.717, 1.165) is 11.4 Å². The van der Waals surface area contributed by atoms with Crippen LogP contribution in [0.25, 0.3) is 54.9 Å². The molecule has 0 unspecified atom stereocenters. The molecule has 0 aliphatic rings. The predicted octanol–water partition coefficient (Wildman–Crippen LogP) is 10.7. The van der Waals surface area contributed by atoms with Gasteiger partial charge in [-0.2, -0.15) is 0 Å². The molecular weight excluding hydrogens is 470 g/mol. The van der Waals surface area contributed by atoms with E-state index in [2.05, 4.69) is 157 Å². The molecule has 7 rings (SSSR count). The van der Waals surface area contributed by atoms with Crippen molar-refractivity contribution in [1.82, 2.24) is 0 Å². The van der Waals surface area contributed by atoms with E-state index in [0.29, 0.717) is 0 Å². The molecule has 0 aliphatic carbocycles. The van der Waals surface area contributed by atoms with Crippen LogP contribution in [0.2, 0.25) is 0 Å². The van der Waals surface area contributed by atoms with E-state index in [9.17, 15) is 0 Å². The van der Waals surface area contributed by atoms with Gasteiger partial charge in [0.15, 0.2) is 0 Å². The third kappa shape index (κ3) is 4.56. The first kappa shape index (κ1) is 23.0. The highest BCUT2D eigenvalue weighted by molar-refractivity contribution is 6.13. The van der Waals surface area contributed by atoms with Gasteiger partial charge in [0.25, 0.3) is 0 Å². The largest absolute Gasteiger partial charge is 0.356 e. The maximum atomic E-state index is 3.52. The standard InChI is InChI=1S/C38H27N/c1-2-8-27(9-3-1)29-18-22-33(23-19-29)39-34-24-20-30(21-25-34)28-14-16-31(17-15-28)38-26-32-10-4-5-11-35(32)36-12-6-7-13-37(36)38/h1-26,39H. The second kappa shape index (κ2) is 9.96. The molecule has 0 atom stereocenters. The molecule has 1 heteroatoms. The summed E-state index contributed by atoms with van der Waals surface area (Å²) in [6, 6.07) is 56.3. The molecule has 0 spiro atoms. The summed E-state index contributed by atoms with van der Waals surface area (Å²) in [4.78, 5) is 0. The molecule has 0 fully saturated rings. The zero-order valence-corrected chi connectivity index (χ0v) is 21.5. The highest BCUT2D eigenvalue weighted by atomic mass is 14.9. The number of anilines is 2. The van der Waals surface area contributed by atoms with Crippen molar-refractivity contribution in [3.8, 4) is 33.4 Å². The summed E-state index contributed by atoms with van der Waals surface area (Å²) < 4.78 is 0. The van der Waals surface area contributed by atoms with E-state index in [-0.39, 0.29) is 0 Å². The minimum atomic E-state index is 1.07. The van der Waals surface area contributed by atoms with Crippen molar-refractivity contribution in [3.05, 3.63) is 158 Å². The quantitative estimate of drug-likeness (QED) is 0.233. The van der Waals surface area contributed by atoms with E-state index >= 15 is 0 Å². The summed E-state index contributed by atoms with van der Waals surface area (Å²) in [5.74, 6) is 0. The topological polar surface area (TPSA) is 12.0 Å². The van der Waals surface area contributed by atoms with Gasteiger partial charge in [0.1, 0.15) is 0 Å². The van der Waals surface area contributed by atoms with E-state index < -0.39 is 0 Å². The van der Waals surface area contributed by atoms with Crippen LogP contribution >= 0.6 is 0 Å². The molecule has 1 nitrogen and oxygen atoms in total. The van der Waals surface area contributed by atoms with Crippen LogP contribution in [0.1, 0.15) is 0 Å². The van der Waals surface area contributed by atoms with Gasteiger partial charge in [-0.3, -0.25) is 0 Å². The van der Waals surface area contributed by atoms with Gasteiger partial charge < -0.3 is 5.32 Å². The molecule has 7 aromatic rings. The number of benzene rings is 7. The number of hydrogen-bond donors (Lipinski definition) is 1. The maximum Gasteiger partial charge on any atom is 0.0384 e. The Morgan fingerprint density at radius 3 is 1.36 bits per heavy atom. The Hall–Kier alpha value is -5.14. The van der Waals surface area contributed by atoms with Crippen LogP contribution in [0.5, 0.6) is 0 Å². The molecule has 0 radical (unpaired) electrons. The minimum Gasteiger partial charge on any atom is -0.356 e. The fourth-order valence-electron chi connectivity index (χ4n) is 5.42. The highest BCUT2D eigenvalue weighted by Gasteiger charge is 2.09. The van der Waals surface area contributed by atoms with Gasteiger partial charge in [-0.15, -0.1) is 0 Å². The monoisotopic (exact) mass is 497 g/mol. The molecule has 0 saturated heterocycles. The van der Waals surface area contributed by atoms with Crippen molar-refractivity contribution >= 4 is 32.9 Å². The molecule has 184 valence electrons. The molecule has 0 aromatic heterocycles. The van der Waals surface area contributed by atoms with E-state index in [1.54, 1.807) is 0 Å². The fraction of sp³-hybridized carbons (Fsp3) is 0. The van der Waals surface area contributed by atoms with Crippen LogP contribution < -0.4 is 5.32 Å². The van der Waals surface area contributed by atoms with E-state index in [1.165, 1.54) is 54.9 Å². The Labute approximate surface area is 229 Å². The van der Waals surface area contributed by atoms with Crippen LogP contribution in [0, 0.1) is 0 Å². The lowest BCUT2D eigenvalue weighted by atomic mass is 9.92. The molecule has 0 heterocycles. The van der Waals surface area contributed by atoms with Gasteiger partial charge in [-0.05, 0) is 85.3 Å². The van der Waals surface area contributed by atoms with Gasteiger partial charge >= 0.3 is 0 Å². The SMILES string of the molecule is c1ccc(-c2ccc(Nc3ccc(-c4ccc(-c5cc6ccccc6c6ccccc56)cc4)cc3)cc2)cc1. The van der Waals surface area contributed by atoms with Crippen molar-refractivity contribution in [1.29, 1.82) is 0 Å². The summed E-state index contributed by atoms with van der Waals surface area (Å²) >= 11 is 0. The lowest BCUT2D eigenvalue weighted by molar-refractivity contribution is 1.53. The first-order valence-electron chi connectivity index (χ1n) is 13.4. The molecule has 39 heavy (non-hydrogen) atoms. The number of hydrogen-bond acceptors (Lipinski definition) is 1. The zero-order valence-electron chi connectivity index (χ0n) is 21.5. The Morgan fingerprint density at radius 2 is 0.744 bits per heavy atom. The molecular formula is C38H27N. The third-order valence-corrected chi connectivity index (χ3v) is 7.46. The van der Waals surface area contributed by atoms with Crippen LogP contribution in [-0.2, 0) is 0 Å². The summed E-state index contributed by atoms with van der Waals surface area (Å²) in [6.45, 7) is 0. The average molecular weight is 498 g/mol. The lowest BCUT2D eigenvalue weighted by Gasteiger charge is -2.12. The lowest BCUT2D eigenvalue weighted by Crippen LogP contribution is -1.90. The molecule has 0 saturated carbocycles. The van der Waals surface area contributed by atoms with Crippen molar-refractivity contribution in [3.63, 3.8) is 0 Å². The summed E-state index contributed by atoms with van der Waals surface area (Å²) in [5, 5.41) is 8.68. The average Bonchev–Trinajstić information content (AvgIpc) is 3.02. The highest BCUT2D eigenvalue weighted by Crippen LogP contribution is 2.36. The first-order valence-corrected chi connectivity index (χ1v) is 13.4. The zero-order chi connectivity index (χ0) is 26.0. The number of fused-ring (bicyclic) bond motifs is 3. The maximum absolute atomic E-state index is 3.52. The van der Waals surface area contributed by atoms with Gasteiger partial charge in [0, 0.05) is 11.4 Å². The number of nitrogens with one attached hydrogen (secondary N) is 1. The summed E-state index contributed by atoms with van der Waals surface area (Å²) in [6.07, 6.45) is 0. The normalized spacial score (nSPS) is 11.1. The Bertz CT molecular complexity index is 1880. The van der Waals surface area contributed by atoms with Crippen molar-refractivity contribution < 1.29 is 0 Å². The predicted molar refractivity (Wildman–Crippen MR) is 167 cm³/mol. The van der Waals surface area contributed by atoms with Gasteiger partial charge in [0.2, 0.25) is 0 Å². The number of rotatable bonds is 5. The van der Waals surface area contributed by atoms with Crippen LogP contribution in [0.4, 0.5) is 11.4 Å². The van der Waals surface area contributed by atoms with Crippen LogP contribution in [0.15, 0.2) is 158 Å². The molecule has 7 aromatic carbocycles. The van der Waals surface area contributed by atoms with Gasteiger partial charge in [-0.1, -0.05) is 127 Å². The second-order valence-electron chi connectivity index (χ2n) is 9.91. The molecule has 0 aliphatic heterocycles.